The topological polar surface area (TPSA) is 113 Å². The van der Waals surface area contributed by atoms with Crippen LogP contribution >= 0.6 is 11.3 Å². The van der Waals surface area contributed by atoms with Crippen LogP contribution in [0.5, 0.6) is 0 Å². The number of carbonyl (C=O) groups is 1. The zero-order chi connectivity index (χ0) is 23.5. The molecule has 1 N–H and O–H groups in total. The average molecular weight is 481 g/mol. The van der Waals surface area contributed by atoms with Crippen molar-refractivity contribution in [3.63, 3.8) is 0 Å². The fraction of sp³-hybridized carbons (Fsp3) is 0.476. The second-order valence-corrected chi connectivity index (χ2v) is 11.0. The summed E-state index contributed by atoms with van der Waals surface area (Å²) in [7, 11) is 0.0636. The van der Waals surface area contributed by atoms with E-state index in [4.69, 9.17) is 0 Å². The molecule has 1 fully saturated rings. The zero-order valence-corrected chi connectivity index (χ0v) is 20.0. The van der Waals surface area contributed by atoms with Crippen LogP contribution < -0.4 is 5.32 Å². The number of benzene rings is 1. The molecule has 0 bridgehead atoms. The van der Waals surface area contributed by atoms with E-state index in [1.54, 1.807) is 18.3 Å². The lowest BCUT2D eigenvalue weighted by Gasteiger charge is -2.31. The number of non-ortho nitro benzene ring substituents is 1. The number of likely N-dealkylation sites (N-methyl/N-ethyl adjacent to an activating group) is 1. The predicted molar refractivity (Wildman–Crippen MR) is 123 cm³/mol. The first kappa shape index (κ1) is 24.3. The first-order valence-corrected chi connectivity index (χ1v) is 12.7. The lowest BCUT2D eigenvalue weighted by Crippen LogP contribution is -2.44. The maximum Gasteiger partial charge on any atom is 0.270 e. The van der Waals surface area contributed by atoms with E-state index in [9.17, 15) is 23.3 Å². The molecule has 0 aliphatic carbocycles. The lowest BCUT2D eigenvalue weighted by molar-refractivity contribution is -0.385. The van der Waals surface area contributed by atoms with Gasteiger partial charge in [-0.3, -0.25) is 14.9 Å². The van der Waals surface area contributed by atoms with Gasteiger partial charge < -0.3 is 10.2 Å². The lowest BCUT2D eigenvalue weighted by atomic mass is 9.97. The van der Waals surface area contributed by atoms with Crippen molar-refractivity contribution < 1.29 is 18.1 Å². The summed E-state index contributed by atoms with van der Waals surface area (Å²) in [5.74, 6) is -0.337. The highest BCUT2D eigenvalue weighted by Crippen LogP contribution is 2.29. The molecule has 1 aliphatic rings. The molecular weight excluding hydrogens is 452 g/mol. The van der Waals surface area contributed by atoms with E-state index in [1.807, 2.05) is 31.6 Å². The third kappa shape index (κ3) is 5.34. The van der Waals surface area contributed by atoms with Gasteiger partial charge in [0.25, 0.3) is 5.69 Å². The number of sulfonamides is 1. The van der Waals surface area contributed by atoms with Gasteiger partial charge in [0.1, 0.15) is 0 Å². The second kappa shape index (κ2) is 10.1. The van der Waals surface area contributed by atoms with Crippen LogP contribution in [0.25, 0.3) is 0 Å². The Hall–Kier alpha value is -2.34. The minimum atomic E-state index is -3.87. The number of amides is 1. The highest BCUT2D eigenvalue weighted by Gasteiger charge is 2.34. The van der Waals surface area contributed by atoms with Crippen LogP contribution in [0.2, 0.25) is 0 Å². The number of hydrogen-bond acceptors (Lipinski definition) is 7. The van der Waals surface area contributed by atoms with Crippen molar-refractivity contribution in [1.82, 2.24) is 14.5 Å². The van der Waals surface area contributed by atoms with Gasteiger partial charge in [-0.1, -0.05) is 12.1 Å². The van der Waals surface area contributed by atoms with E-state index in [-0.39, 0.29) is 41.5 Å². The Morgan fingerprint density at radius 1 is 1.31 bits per heavy atom. The number of nitrogens with one attached hydrogen (secondary N) is 1. The fourth-order valence-corrected chi connectivity index (χ4v) is 6.47. The van der Waals surface area contributed by atoms with Crippen molar-refractivity contribution >= 4 is 33.0 Å². The normalized spacial score (nSPS) is 16.8. The maximum atomic E-state index is 13.1. The van der Waals surface area contributed by atoms with E-state index < -0.39 is 14.9 Å². The largest absolute Gasteiger partial charge is 0.354 e. The number of aryl methyl sites for hydroxylation is 1. The van der Waals surface area contributed by atoms with E-state index >= 15 is 0 Å². The molecule has 1 aromatic heterocycles. The van der Waals surface area contributed by atoms with Gasteiger partial charge in [-0.15, -0.1) is 11.3 Å². The maximum absolute atomic E-state index is 13.1. The summed E-state index contributed by atoms with van der Waals surface area (Å²) >= 11 is 1.64. The van der Waals surface area contributed by atoms with Crippen LogP contribution in [0.1, 0.15) is 29.3 Å². The summed E-state index contributed by atoms with van der Waals surface area (Å²) < 4.78 is 27.5. The minimum Gasteiger partial charge on any atom is -0.354 e. The highest BCUT2D eigenvalue weighted by molar-refractivity contribution is 7.89. The molecule has 9 nitrogen and oxygen atoms in total. The van der Waals surface area contributed by atoms with Gasteiger partial charge in [0.05, 0.1) is 15.9 Å². The quantitative estimate of drug-likeness (QED) is 0.459. The van der Waals surface area contributed by atoms with Crippen LogP contribution in [0.3, 0.4) is 0 Å². The third-order valence-electron chi connectivity index (χ3n) is 5.79. The van der Waals surface area contributed by atoms with Crippen molar-refractivity contribution in [3.05, 3.63) is 56.3 Å². The van der Waals surface area contributed by atoms with E-state index in [2.05, 4.69) is 10.2 Å². The Labute approximate surface area is 192 Å². The van der Waals surface area contributed by atoms with Crippen LogP contribution in [0, 0.1) is 23.0 Å². The van der Waals surface area contributed by atoms with Crippen LogP contribution in [-0.4, -0.2) is 62.2 Å². The van der Waals surface area contributed by atoms with Crippen molar-refractivity contribution in [3.8, 4) is 0 Å². The molecule has 174 valence electrons. The first-order chi connectivity index (χ1) is 15.1. The highest BCUT2D eigenvalue weighted by atomic mass is 32.2. The Balaban J connectivity index is 1.61. The van der Waals surface area contributed by atoms with Gasteiger partial charge >= 0.3 is 0 Å². The summed E-state index contributed by atoms with van der Waals surface area (Å²) in [6.07, 6.45) is 0.815. The Morgan fingerprint density at radius 2 is 2.00 bits per heavy atom. The van der Waals surface area contributed by atoms with Gasteiger partial charge in [-0.25, -0.2) is 8.42 Å². The molecule has 1 atom stereocenters. The molecule has 1 saturated heterocycles. The molecule has 1 aliphatic heterocycles. The van der Waals surface area contributed by atoms with Gasteiger partial charge in [0.15, 0.2) is 0 Å². The van der Waals surface area contributed by atoms with Crippen LogP contribution in [0.4, 0.5) is 5.69 Å². The van der Waals surface area contributed by atoms with Crippen molar-refractivity contribution in [2.75, 3.05) is 33.7 Å². The molecule has 1 aromatic carbocycles. The van der Waals surface area contributed by atoms with Gasteiger partial charge in [0, 0.05) is 42.6 Å². The molecule has 2 heterocycles. The number of rotatable bonds is 8. The van der Waals surface area contributed by atoms with Crippen molar-refractivity contribution in [2.24, 2.45) is 5.92 Å². The minimum absolute atomic E-state index is 0.0561. The van der Waals surface area contributed by atoms with E-state index in [1.165, 1.54) is 21.3 Å². The standard InChI is InChI=1S/C21H28N4O5S2/c1-15-6-7-17(25(27)28)13-20(15)32(29,30)24-10-8-16(9-11-24)21(26)22-14-18(23(2)3)19-5-4-12-31-19/h4-7,12-13,16,18H,8-11,14H2,1-3H3,(H,22,26). The fourth-order valence-electron chi connectivity index (χ4n) is 3.84. The molecule has 0 saturated carbocycles. The Morgan fingerprint density at radius 3 is 2.56 bits per heavy atom. The smallest absolute Gasteiger partial charge is 0.270 e. The van der Waals surface area contributed by atoms with Crippen LogP contribution in [-0.2, 0) is 14.8 Å². The van der Waals surface area contributed by atoms with E-state index in [0.717, 1.165) is 6.07 Å². The van der Waals surface area contributed by atoms with Gasteiger partial charge in [0.2, 0.25) is 15.9 Å². The monoisotopic (exact) mass is 480 g/mol. The average Bonchev–Trinajstić information content (AvgIpc) is 3.28. The van der Waals surface area contributed by atoms with Gasteiger partial charge in [-0.05, 0) is 50.9 Å². The number of nitrogens with zero attached hydrogens (tertiary/aromatic N) is 3. The Kier molecular flexibility index (Phi) is 7.65. The summed E-state index contributed by atoms with van der Waals surface area (Å²) in [4.78, 5) is 26.4. The van der Waals surface area contributed by atoms with E-state index in [0.29, 0.717) is 24.9 Å². The van der Waals surface area contributed by atoms with Crippen molar-refractivity contribution in [2.45, 2.75) is 30.7 Å². The molecule has 11 heteroatoms. The molecule has 1 amide bonds. The number of nitro benzene ring substituents is 1. The molecule has 32 heavy (non-hydrogen) atoms. The SMILES string of the molecule is Cc1ccc([N+](=O)[O-])cc1S(=O)(=O)N1CCC(C(=O)NCC(c2cccs2)N(C)C)CC1. The molecule has 2 aromatic rings. The molecule has 0 radical (unpaired) electrons. The Bertz CT molecular complexity index is 1060. The number of carbonyl (C=O) groups excluding carboxylic acids is 1. The summed E-state index contributed by atoms with van der Waals surface area (Å²) in [6.45, 7) is 2.50. The number of nitro groups is 1. The predicted octanol–water partition coefficient (Wildman–Crippen LogP) is 2.78. The zero-order valence-electron chi connectivity index (χ0n) is 18.4. The third-order valence-corrected chi connectivity index (χ3v) is 8.80. The van der Waals surface area contributed by atoms with Crippen LogP contribution in [0.15, 0.2) is 40.6 Å². The summed E-state index contributed by atoms with van der Waals surface area (Å²) in [5, 5.41) is 16.1. The summed E-state index contributed by atoms with van der Waals surface area (Å²) in [5.41, 5.74) is 0.198. The molecular formula is C21H28N4O5S2. The first-order valence-electron chi connectivity index (χ1n) is 10.3. The second-order valence-electron chi connectivity index (χ2n) is 8.13. The number of thiophene rings is 1. The number of hydrogen-bond donors (Lipinski definition) is 1. The molecule has 3 rings (SSSR count). The number of piperidine rings is 1. The van der Waals surface area contributed by atoms with Crippen molar-refractivity contribution in [1.29, 1.82) is 0 Å². The molecule has 0 spiro atoms. The van der Waals surface area contributed by atoms with Gasteiger partial charge in [-0.2, -0.15) is 4.31 Å². The molecule has 1 unspecified atom stereocenters. The summed E-state index contributed by atoms with van der Waals surface area (Å²) in [6, 6.07) is 7.95.